The Morgan fingerprint density at radius 3 is 1.91 bits per heavy atom. The molecule has 5 nitrogen and oxygen atoms in total. The summed E-state index contributed by atoms with van der Waals surface area (Å²) in [7, 11) is 0. The van der Waals surface area contributed by atoms with Crippen LogP contribution in [0.15, 0.2) is 0 Å². The van der Waals surface area contributed by atoms with Crippen LogP contribution in [0.1, 0.15) is 44.9 Å². The predicted molar refractivity (Wildman–Crippen MR) is 83.9 cm³/mol. The van der Waals surface area contributed by atoms with Gasteiger partial charge in [-0.15, -0.1) is 5.92 Å². The molecule has 1 aliphatic carbocycles. The summed E-state index contributed by atoms with van der Waals surface area (Å²) in [6, 6.07) is 0. The van der Waals surface area contributed by atoms with Gasteiger partial charge in [0.25, 0.3) is 0 Å². The van der Waals surface area contributed by atoms with Gasteiger partial charge in [-0.05, 0) is 6.42 Å². The summed E-state index contributed by atoms with van der Waals surface area (Å²) in [5.74, 6) is 0.329. The monoisotopic (exact) mass is 775 g/mol. The zero-order valence-electron chi connectivity index (χ0n) is 14.0. The van der Waals surface area contributed by atoms with E-state index in [0.29, 0.717) is 19.1 Å². The summed E-state index contributed by atoms with van der Waals surface area (Å²) in [5, 5.41) is 0. The van der Waals surface area contributed by atoms with E-state index in [0.717, 1.165) is 51.6 Å². The molecule has 7 heteroatoms. The molecule has 0 unspecified atom stereocenters. The molecule has 0 aromatic rings. The molecule has 0 radical (unpaired) electrons. The zero-order chi connectivity index (χ0) is 16.3. The number of nitrogens with two attached hydrogens (primary N) is 1. The second kappa shape index (κ2) is 27.8. The van der Waals surface area contributed by atoms with Crippen molar-refractivity contribution in [1.29, 1.82) is 0 Å². The average Bonchev–Trinajstić information content (AvgIpc) is 3.30. The van der Waals surface area contributed by atoms with Crippen LogP contribution in [0.4, 0.5) is 4.79 Å². The first-order valence-electron chi connectivity index (χ1n) is 7.37. The summed E-state index contributed by atoms with van der Waals surface area (Å²) >= 11 is 0. The molecule has 1 amide bonds. The van der Waals surface area contributed by atoms with Gasteiger partial charge in [-0.3, -0.25) is 6.29 Å². The number of amides is 1. The van der Waals surface area contributed by atoms with Crippen molar-refractivity contribution in [2.75, 3.05) is 19.8 Å². The molecule has 1 aliphatic rings. The maximum Gasteiger partial charge on any atom is 2.00 e. The summed E-state index contributed by atoms with van der Waals surface area (Å²) < 4.78 is 9.38. The van der Waals surface area contributed by atoms with Crippen LogP contribution in [0.3, 0.4) is 0 Å². The summed E-state index contributed by atoms with van der Waals surface area (Å²) in [6.45, 7) is 12.6. The summed E-state index contributed by atoms with van der Waals surface area (Å²) in [4.78, 5) is 19.4. The van der Waals surface area contributed by atoms with Crippen molar-refractivity contribution in [2.24, 2.45) is 11.7 Å². The molecule has 0 saturated heterocycles. The Morgan fingerprint density at radius 1 is 1.04 bits per heavy atom. The van der Waals surface area contributed by atoms with E-state index in [1.54, 1.807) is 0 Å². The molecule has 0 aliphatic heterocycles. The molecule has 0 bridgehead atoms. The number of unbranched alkanes of at least 4 members (excludes halogenated alkanes) is 3. The minimum Gasteiger partial charge on any atom is -0.542 e. The van der Waals surface area contributed by atoms with E-state index in [-0.39, 0.29) is 62.2 Å². The van der Waals surface area contributed by atoms with Crippen molar-refractivity contribution in [3.63, 3.8) is 0 Å². The number of rotatable bonds is 9. The van der Waals surface area contributed by atoms with E-state index >= 15 is 0 Å². The molecule has 1 saturated carbocycles. The van der Waals surface area contributed by atoms with Crippen molar-refractivity contribution >= 4 is 12.4 Å². The van der Waals surface area contributed by atoms with Gasteiger partial charge in [-0.2, -0.15) is 12.8 Å². The van der Waals surface area contributed by atoms with E-state index in [1.165, 1.54) is 0 Å². The minimum atomic E-state index is -0.695. The fraction of sp³-hybridized carbons (Fsp3) is 0.688. The van der Waals surface area contributed by atoms with Crippen LogP contribution in [0, 0.1) is 88.9 Å². The van der Waals surface area contributed by atoms with Gasteiger partial charge in [0.05, 0.1) is 6.61 Å². The largest absolute Gasteiger partial charge is 2.00 e. The normalized spacial score (nSPS) is 11.3. The number of hydrogen-bond donors (Lipinski definition) is 1. The first-order chi connectivity index (χ1) is 10.1. The number of carbonyl (C=O) groups excluding carboxylic acids is 2. The van der Waals surface area contributed by atoms with Crippen LogP contribution in [0.2, 0.25) is 0 Å². The smallest absolute Gasteiger partial charge is 0.542 e. The Hall–Kier alpha value is 1.00. The fourth-order valence-corrected chi connectivity index (χ4v) is 0.959. The van der Waals surface area contributed by atoms with Crippen molar-refractivity contribution in [1.82, 2.24) is 0 Å². The number of hydrogen-bond acceptors (Lipinski definition) is 4. The quantitative estimate of drug-likeness (QED) is 0.289. The molecule has 0 atom stereocenters. The van der Waals surface area contributed by atoms with E-state index < -0.39 is 6.09 Å². The number of primary amides is 1. The van der Waals surface area contributed by atoms with E-state index in [4.69, 9.17) is 10.5 Å². The Labute approximate surface area is 189 Å². The predicted octanol–water partition coefficient (Wildman–Crippen LogP) is 3.04. The molecule has 1 rings (SSSR count). The molecule has 2 N–H and O–H groups in total. The number of carbonyl (C=O) groups is 1. The van der Waals surface area contributed by atoms with Crippen LogP contribution in [-0.2, 0) is 14.3 Å². The van der Waals surface area contributed by atoms with Crippen LogP contribution in [0.25, 0.3) is 0 Å². The molecule has 130 valence electrons. The van der Waals surface area contributed by atoms with E-state index in [2.05, 4.69) is 25.5 Å². The second-order valence-electron chi connectivity index (χ2n) is 4.44. The second-order valence-corrected chi connectivity index (χ2v) is 4.44. The third-order valence-electron chi connectivity index (χ3n) is 2.32. The molecule has 0 spiro atoms. The average molecular weight is 775 g/mol. The van der Waals surface area contributed by atoms with Gasteiger partial charge < -0.3 is 40.8 Å². The van der Waals surface area contributed by atoms with E-state index in [1.807, 2.05) is 6.29 Å². The maximum absolute atomic E-state index is 9.95. The Kier molecular flexibility index (Phi) is 38.4. The van der Waals surface area contributed by atoms with Gasteiger partial charge >= 0.3 is 68.3 Å². The van der Waals surface area contributed by atoms with Crippen LogP contribution >= 0.6 is 0 Å². The van der Waals surface area contributed by atoms with Crippen molar-refractivity contribution in [3.8, 4) is 0 Å². The molecule has 1 fully saturated rings. The minimum absolute atomic E-state index is 0. The fourth-order valence-electron chi connectivity index (χ4n) is 0.959. The van der Waals surface area contributed by atoms with Crippen LogP contribution in [-0.4, -0.2) is 32.2 Å². The van der Waals surface area contributed by atoms with Crippen molar-refractivity contribution < 1.29 is 81.3 Å². The molecular formula is C16H29NO4U2. The van der Waals surface area contributed by atoms with Gasteiger partial charge in [0.15, 0.2) is 0 Å². The van der Waals surface area contributed by atoms with Crippen LogP contribution in [0.5, 0.6) is 0 Å². The Bertz CT molecular complexity index is 236. The molecule has 0 aromatic carbocycles. The van der Waals surface area contributed by atoms with Gasteiger partial charge in [0, 0.05) is 6.61 Å². The van der Waals surface area contributed by atoms with Gasteiger partial charge in [0.2, 0.25) is 0 Å². The zero-order valence-corrected chi connectivity index (χ0v) is 22.3. The summed E-state index contributed by atoms with van der Waals surface area (Å²) in [5.41, 5.74) is 4.70. The summed E-state index contributed by atoms with van der Waals surface area (Å²) in [6.07, 6.45) is 8.09. The SMILES string of the molecule is O=[C-]C1CC1.[CH2-]CCCCOC(N)=O.[CH2-]CCCOC[CH2-].[U+2].[U+2]. The van der Waals surface area contributed by atoms with Crippen molar-refractivity contribution in [2.45, 2.75) is 44.9 Å². The molecule has 23 heavy (non-hydrogen) atoms. The van der Waals surface area contributed by atoms with Crippen LogP contribution < -0.4 is 5.73 Å². The maximum atomic E-state index is 9.95. The first-order valence-corrected chi connectivity index (χ1v) is 7.37. The number of ether oxygens (including phenoxy) is 2. The Balaban J connectivity index is -0.000000116. The topological polar surface area (TPSA) is 78.6 Å². The third kappa shape index (κ3) is 39.6. The van der Waals surface area contributed by atoms with Gasteiger partial charge in [-0.25, -0.2) is 4.79 Å². The van der Waals surface area contributed by atoms with Crippen molar-refractivity contribution in [3.05, 3.63) is 20.8 Å². The molecule has 0 heterocycles. The standard InChI is InChI=1S/C6H12NO2.C6H12O.C4H5O.2U/c1-2-3-4-5-9-6(7)8;1-3-5-6-7-4-2;5-3-4-1-2-4;;/h1-5H2,(H2,7,8);1-6H2;4H,1-2H2;;/q-1;-2;-1;2*+2. The first kappa shape index (κ1) is 31.7. The van der Waals surface area contributed by atoms with E-state index in [9.17, 15) is 9.59 Å². The Morgan fingerprint density at radius 2 is 1.61 bits per heavy atom. The molecule has 0 aromatic heterocycles. The van der Waals surface area contributed by atoms with Gasteiger partial charge in [-0.1, -0.05) is 32.3 Å². The molecular weight excluding hydrogens is 746 g/mol. The third-order valence-corrected chi connectivity index (χ3v) is 2.32. The van der Waals surface area contributed by atoms with Gasteiger partial charge in [0.1, 0.15) is 0 Å².